The van der Waals surface area contributed by atoms with E-state index in [0.717, 1.165) is 11.1 Å². The minimum Gasteiger partial charge on any atom is -0.465 e. The molecule has 2 aromatic heterocycles. The fourth-order valence-electron chi connectivity index (χ4n) is 2.84. The maximum atomic E-state index is 13.0. The molecule has 7 heteroatoms. The van der Waals surface area contributed by atoms with E-state index in [2.05, 4.69) is 20.6 Å². The van der Waals surface area contributed by atoms with Crippen molar-refractivity contribution in [1.29, 1.82) is 0 Å². The van der Waals surface area contributed by atoms with Crippen LogP contribution < -0.4 is 10.6 Å². The Balaban J connectivity index is 1.78. The molecule has 1 aromatic carbocycles. The van der Waals surface area contributed by atoms with E-state index in [9.17, 15) is 9.59 Å². The summed E-state index contributed by atoms with van der Waals surface area (Å²) in [6, 6.07) is 13.7. The molecular formula is C22H22N4O3. The Morgan fingerprint density at radius 3 is 2.52 bits per heavy atom. The van der Waals surface area contributed by atoms with Gasteiger partial charge in [0.15, 0.2) is 0 Å². The van der Waals surface area contributed by atoms with E-state index in [0.29, 0.717) is 24.2 Å². The summed E-state index contributed by atoms with van der Waals surface area (Å²) in [6.45, 7) is 0.826. The van der Waals surface area contributed by atoms with Gasteiger partial charge in [0.25, 0.3) is 0 Å². The van der Waals surface area contributed by atoms with Gasteiger partial charge in [-0.15, -0.1) is 0 Å². The lowest BCUT2D eigenvalue weighted by molar-refractivity contribution is -0.123. The van der Waals surface area contributed by atoms with Gasteiger partial charge >= 0.3 is 5.97 Å². The number of pyridine rings is 2. The fraction of sp³-hybridized carbons (Fsp3) is 0.182. The Morgan fingerprint density at radius 2 is 1.79 bits per heavy atom. The fourth-order valence-corrected chi connectivity index (χ4v) is 2.84. The molecule has 29 heavy (non-hydrogen) atoms. The van der Waals surface area contributed by atoms with Crippen LogP contribution in [-0.2, 0) is 22.6 Å². The number of esters is 1. The van der Waals surface area contributed by atoms with Crippen LogP contribution in [0.25, 0.3) is 0 Å². The van der Waals surface area contributed by atoms with Crippen molar-refractivity contribution in [2.45, 2.75) is 19.1 Å². The lowest BCUT2D eigenvalue weighted by Crippen LogP contribution is -2.37. The average molecular weight is 390 g/mol. The van der Waals surface area contributed by atoms with Gasteiger partial charge in [-0.1, -0.05) is 18.2 Å². The van der Waals surface area contributed by atoms with E-state index in [1.54, 1.807) is 49.1 Å². The number of rotatable bonds is 8. The number of hydrogen-bond donors (Lipinski definition) is 2. The van der Waals surface area contributed by atoms with Gasteiger partial charge in [0.1, 0.15) is 6.04 Å². The van der Waals surface area contributed by atoms with Gasteiger partial charge in [-0.2, -0.15) is 0 Å². The quantitative estimate of drug-likeness (QED) is 0.574. The first-order chi connectivity index (χ1) is 14.2. The van der Waals surface area contributed by atoms with E-state index in [1.165, 1.54) is 7.11 Å². The largest absolute Gasteiger partial charge is 0.465 e. The molecular weight excluding hydrogens is 368 g/mol. The number of nitrogens with zero attached hydrogens (tertiary/aromatic N) is 2. The van der Waals surface area contributed by atoms with Gasteiger partial charge in [-0.3, -0.25) is 20.1 Å². The summed E-state index contributed by atoms with van der Waals surface area (Å²) >= 11 is 0. The smallest absolute Gasteiger partial charge is 0.337 e. The van der Waals surface area contributed by atoms with Crippen LogP contribution >= 0.6 is 0 Å². The van der Waals surface area contributed by atoms with Crippen molar-refractivity contribution < 1.29 is 14.3 Å². The zero-order valence-corrected chi connectivity index (χ0v) is 16.0. The Hall–Kier alpha value is -3.58. The Labute approximate surface area is 169 Å². The SMILES string of the molecule is COC(=O)c1cccc(C(NCc2ccncc2)C(=O)NCc2cccnc2)c1. The van der Waals surface area contributed by atoms with Crippen molar-refractivity contribution in [3.63, 3.8) is 0 Å². The number of aromatic nitrogens is 2. The summed E-state index contributed by atoms with van der Waals surface area (Å²) in [5.74, 6) is -0.652. The van der Waals surface area contributed by atoms with Crippen LogP contribution in [0.3, 0.4) is 0 Å². The van der Waals surface area contributed by atoms with Crippen LogP contribution in [0, 0.1) is 0 Å². The molecule has 0 spiro atoms. The standard InChI is InChI=1S/C22H22N4O3/c1-29-22(28)19-6-2-5-18(12-19)20(25-14-16-7-10-23-11-8-16)21(27)26-15-17-4-3-9-24-13-17/h2-13,20,25H,14-15H2,1H3,(H,26,27). The lowest BCUT2D eigenvalue weighted by atomic mass is 10.0. The summed E-state index contributed by atoms with van der Waals surface area (Å²) in [6.07, 6.45) is 6.79. The van der Waals surface area contributed by atoms with E-state index >= 15 is 0 Å². The normalized spacial score (nSPS) is 11.5. The first kappa shape index (κ1) is 20.2. The Morgan fingerprint density at radius 1 is 0.966 bits per heavy atom. The number of hydrogen-bond acceptors (Lipinski definition) is 6. The van der Waals surface area contributed by atoms with Gasteiger partial charge in [0.05, 0.1) is 12.7 Å². The molecule has 148 valence electrons. The molecule has 0 saturated carbocycles. The molecule has 0 aliphatic heterocycles. The number of amides is 1. The van der Waals surface area contributed by atoms with Crippen molar-refractivity contribution in [2.24, 2.45) is 0 Å². The van der Waals surface area contributed by atoms with Crippen molar-refractivity contribution in [1.82, 2.24) is 20.6 Å². The highest BCUT2D eigenvalue weighted by molar-refractivity contribution is 5.90. The molecule has 3 rings (SSSR count). The summed E-state index contributed by atoms with van der Waals surface area (Å²) in [4.78, 5) is 32.9. The third kappa shape index (κ3) is 5.70. The van der Waals surface area contributed by atoms with Crippen LogP contribution in [0.15, 0.2) is 73.3 Å². The molecule has 1 unspecified atom stereocenters. The average Bonchev–Trinajstić information content (AvgIpc) is 2.79. The first-order valence-corrected chi connectivity index (χ1v) is 9.14. The van der Waals surface area contributed by atoms with Crippen LogP contribution in [0.4, 0.5) is 0 Å². The van der Waals surface area contributed by atoms with Gasteiger partial charge in [0.2, 0.25) is 5.91 Å². The number of ether oxygens (including phenoxy) is 1. The zero-order chi connectivity index (χ0) is 20.5. The van der Waals surface area contributed by atoms with E-state index < -0.39 is 12.0 Å². The Bertz CT molecular complexity index is 949. The van der Waals surface area contributed by atoms with Crippen LogP contribution in [0.5, 0.6) is 0 Å². The van der Waals surface area contributed by atoms with Crippen molar-refractivity contribution >= 4 is 11.9 Å². The highest BCUT2D eigenvalue weighted by Gasteiger charge is 2.21. The minimum atomic E-state index is -0.649. The number of carbonyl (C=O) groups excluding carboxylic acids is 2. The third-order valence-electron chi connectivity index (χ3n) is 4.35. The van der Waals surface area contributed by atoms with E-state index in [4.69, 9.17) is 4.74 Å². The molecule has 2 N–H and O–H groups in total. The first-order valence-electron chi connectivity index (χ1n) is 9.14. The minimum absolute atomic E-state index is 0.204. The maximum absolute atomic E-state index is 13.0. The molecule has 1 atom stereocenters. The van der Waals surface area contributed by atoms with Gasteiger partial charge < -0.3 is 10.1 Å². The second kappa shape index (κ2) is 10.1. The topological polar surface area (TPSA) is 93.2 Å². The summed E-state index contributed by atoms with van der Waals surface area (Å²) < 4.78 is 4.79. The van der Waals surface area contributed by atoms with Crippen molar-refractivity contribution in [3.05, 3.63) is 95.6 Å². The van der Waals surface area contributed by atoms with E-state index in [-0.39, 0.29) is 5.91 Å². The Kier molecular flexibility index (Phi) is 7.02. The molecule has 3 aromatic rings. The number of nitrogens with one attached hydrogen (secondary N) is 2. The third-order valence-corrected chi connectivity index (χ3v) is 4.35. The molecule has 0 radical (unpaired) electrons. The zero-order valence-electron chi connectivity index (χ0n) is 16.0. The van der Waals surface area contributed by atoms with Crippen molar-refractivity contribution in [2.75, 3.05) is 7.11 Å². The molecule has 0 aliphatic carbocycles. The lowest BCUT2D eigenvalue weighted by Gasteiger charge is -2.19. The molecule has 0 fully saturated rings. The molecule has 7 nitrogen and oxygen atoms in total. The monoisotopic (exact) mass is 390 g/mol. The maximum Gasteiger partial charge on any atom is 0.337 e. The second-order valence-corrected chi connectivity index (χ2v) is 6.37. The van der Waals surface area contributed by atoms with Gasteiger partial charge in [0, 0.05) is 37.9 Å². The summed E-state index contributed by atoms with van der Waals surface area (Å²) in [5.41, 5.74) is 2.96. The predicted octanol–water partition coefficient (Wildman–Crippen LogP) is 2.41. The molecule has 0 aliphatic rings. The van der Waals surface area contributed by atoms with Crippen LogP contribution in [0.2, 0.25) is 0 Å². The molecule has 1 amide bonds. The molecule has 0 saturated heterocycles. The van der Waals surface area contributed by atoms with E-state index in [1.807, 2.05) is 24.3 Å². The second-order valence-electron chi connectivity index (χ2n) is 6.37. The highest BCUT2D eigenvalue weighted by atomic mass is 16.5. The number of methoxy groups -OCH3 is 1. The van der Waals surface area contributed by atoms with Crippen LogP contribution in [0.1, 0.15) is 33.1 Å². The van der Waals surface area contributed by atoms with Gasteiger partial charge in [-0.05, 0) is 47.0 Å². The van der Waals surface area contributed by atoms with Gasteiger partial charge in [-0.25, -0.2) is 4.79 Å². The van der Waals surface area contributed by atoms with Crippen molar-refractivity contribution in [3.8, 4) is 0 Å². The summed E-state index contributed by atoms with van der Waals surface area (Å²) in [5, 5.41) is 6.19. The predicted molar refractivity (Wildman–Crippen MR) is 108 cm³/mol. The van der Waals surface area contributed by atoms with Crippen LogP contribution in [-0.4, -0.2) is 29.0 Å². The highest BCUT2D eigenvalue weighted by Crippen LogP contribution is 2.17. The molecule has 2 heterocycles. The molecule has 0 bridgehead atoms. The number of benzene rings is 1. The number of carbonyl (C=O) groups is 2. The summed E-state index contributed by atoms with van der Waals surface area (Å²) in [7, 11) is 1.33.